The van der Waals surface area contributed by atoms with Crippen LogP contribution in [0.5, 0.6) is 0 Å². The van der Waals surface area contributed by atoms with Crippen LogP contribution in [0.4, 0.5) is 0 Å². The summed E-state index contributed by atoms with van der Waals surface area (Å²) in [6.45, 7) is 8.10. The lowest BCUT2D eigenvalue weighted by Gasteiger charge is -2.32. The Balaban J connectivity index is 1.74. The first-order chi connectivity index (χ1) is 8.79. The number of nitrogens with zero attached hydrogens (tertiary/aromatic N) is 3. The van der Waals surface area contributed by atoms with Gasteiger partial charge in [0.25, 0.3) is 0 Å². The van der Waals surface area contributed by atoms with E-state index in [1.54, 1.807) is 0 Å². The minimum absolute atomic E-state index is 0.833. The number of aryl methyl sites for hydroxylation is 1. The van der Waals surface area contributed by atoms with Crippen molar-refractivity contribution in [2.45, 2.75) is 26.2 Å². The molecule has 1 aliphatic rings. The Morgan fingerprint density at radius 2 is 2.39 bits per heavy atom. The largest absolute Gasteiger partial charge is 0.338 e. The maximum absolute atomic E-state index is 4.39. The van der Waals surface area contributed by atoms with E-state index in [1.807, 2.05) is 12.4 Å². The van der Waals surface area contributed by atoms with Crippen LogP contribution >= 0.6 is 0 Å². The van der Waals surface area contributed by atoms with E-state index in [4.69, 9.17) is 0 Å². The van der Waals surface area contributed by atoms with Gasteiger partial charge < -0.3 is 14.8 Å². The zero-order valence-corrected chi connectivity index (χ0v) is 11.7. The van der Waals surface area contributed by atoms with Gasteiger partial charge in [-0.25, -0.2) is 4.98 Å². The van der Waals surface area contributed by atoms with E-state index in [0.29, 0.717) is 0 Å². The Morgan fingerprint density at radius 1 is 1.50 bits per heavy atom. The molecule has 102 valence electrons. The minimum Gasteiger partial charge on any atom is -0.338 e. The van der Waals surface area contributed by atoms with Crippen LogP contribution in [0.15, 0.2) is 12.4 Å². The molecule has 1 aromatic heterocycles. The van der Waals surface area contributed by atoms with Crippen molar-refractivity contribution in [1.29, 1.82) is 0 Å². The summed E-state index contributed by atoms with van der Waals surface area (Å²) in [6.07, 6.45) is 7.71. The van der Waals surface area contributed by atoms with Gasteiger partial charge in [-0.3, -0.25) is 0 Å². The van der Waals surface area contributed by atoms with Crippen molar-refractivity contribution in [2.75, 3.05) is 32.7 Å². The number of aromatic nitrogens is 2. The highest BCUT2D eigenvalue weighted by atomic mass is 15.1. The molecule has 0 spiro atoms. The third-order valence-corrected chi connectivity index (χ3v) is 3.86. The highest BCUT2D eigenvalue weighted by molar-refractivity contribution is 4.92. The topological polar surface area (TPSA) is 33.1 Å². The quantitative estimate of drug-likeness (QED) is 0.826. The van der Waals surface area contributed by atoms with Gasteiger partial charge in [0, 0.05) is 39.0 Å². The molecule has 0 radical (unpaired) electrons. The summed E-state index contributed by atoms with van der Waals surface area (Å²) in [5.41, 5.74) is 0. The molecule has 1 atom stereocenters. The van der Waals surface area contributed by atoms with Gasteiger partial charge in [0.05, 0.1) is 0 Å². The Bertz CT molecular complexity index is 347. The fourth-order valence-corrected chi connectivity index (χ4v) is 2.76. The lowest BCUT2D eigenvalue weighted by molar-refractivity contribution is 0.173. The first-order valence-corrected chi connectivity index (χ1v) is 7.19. The van der Waals surface area contributed by atoms with Crippen LogP contribution in [0, 0.1) is 5.92 Å². The summed E-state index contributed by atoms with van der Waals surface area (Å²) in [5.74, 6) is 2.03. The molecule has 18 heavy (non-hydrogen) atoms. The van der Waals surface area contributed by atoms with Gasteiger partial charge in [-0.1, -0.05) is 6.92 Å². The molecule has 1 aliphatic heterocycles. The van der Waals surface area contributed by atoms with Crippen molar-refractivity contribution < 1.29 is 0 Å². The first kappa shape index (κ1) is 13.6. The molecule has 1 fully saturated rings. The molecular formula is C14H26N4. The second-order valence-corrected chi connectivity index (χ2v) is 5.32. The minimum atomic E-state index is 0.833. The monoisotopic (exact) mass is 250 g/mol. The van der Waals surface area contributed by atoms with E-state index < -0.39 is 0 Å². The lowest BCUT2D eigenvalue weighted by atomic mass is 9.98. The molecule has 4 heteroatoms. The third kappa shape index (κ3) is 3.82. The summed E-state index contributed by atoms with van der Waals surface area (Å²) in [4.78, 5) is 6.99. The second kappa shape index (κ2) is 6.90. The van der Waals surface area contributed by atoms with E-state index in [9.17, 15) is 0 Å². The number of nitrogens with one attached hydrogen (secondary N) is 1. The van der Waals surface area contributed by atoms with Crippen LogP contribution in [-0.4, -0.2) is 47.2 Å². The van der Waals surface area contributed by atoms with Crippen molar-refractivity contribution in [3.8, 4) is 0 Å². The number of likely N-dealkylation sites (tertiary alicyclic amines) is 1. The third-order valence-electron chi connectivity index (χ3n) is 3.86. The molecular weight excluding hydrogens is 224 g/mol. The molecule has 4 nitrogen and oxygen atoms in total. The number of hydrogen-bond donors (Lipinski definition) is 1. The highest BCUT2D eigenvalue weighted by Gasteiger charge is 2.19. The zero-order chi connectivity index (χ0) is 12.8. The van der Waals surface area contributed by atoms with Gasteiger partial charge in [0.2, 0.25) is 0 Å². The molecule has 0 aliphatic carbocycles. The number of rotatable bonds is 6. The average molecular weight is 250 g/mol. The van der Waals surface area contributed by atoms with Crippen molar-refractivity contribution in [1.82, 2.24) is 19.8 Å². The van der Waals surface area contributed by atoms with Gasteiger partial charge in [0.15, 0.2) is 0 Å². The van der Waals surface area contributed by atoms with Crippen molar-refractivity contribution in [3.05, 3.63) is 18.2 Å². The van der Waals surface area contributed by atoms with E-state index in [1.165, 1.54) is 38.3 Å². The molecule has 1 unspecified atom stereocenters. The predicted octanol–water partition coefficient (Wildman–Crippen LogP) is 1.28. The zero-order valence-electron chi connectivity index (χ0n) is 11.7. The maximum Gasteiger partial charge on any atom is 0.109 e. The second-order valence-electron chi connectivity index (χ2n) is 5.32. The number of imidazole rings is 1. The summed E-state index contributed by atoms with van der Waals surface area (Å²) in [7, 11) is 2.08. The van der Waals surface area contributed by atoms with Gasteiger partial charge in [-0.15, -0.1) is 0 Å². The SMILES string of the molecule is CCNCC1CCCN(CCc2nccn2C)C1. The molecule has 1 aromatic rings. The van der Waals surface area contributed by atoms with Crippen LogP contribution in [0.3, 0.4) is 0 Å². The van der Waals surface area contributed by atoms with E-state index >= 15 is 0 Å². The van der Waals surface area contributed by atoms with Crippen molar-refractivity contribution in [2.24, 2.45) is 13.0 Å². The molecule has 2 heterocycles. The predicted molar refractivity (Wildman–Crippen MR) is 74.6 cm³/mol. The Morgan fingerprint density at radius 3 is 3.11 bits per heavy atom. The highest BCUT2D eigenvalue weighted by Crippen LogP contribution is 2.15. The molecule has 0 aromatic carbocycles. The fraction of sp³-hybridized carbons (Fsp3) is 0.786. The van der Waals surface area contributed by atoms with E-state index in [0.717, 1.165) is 25.4 Å². The van der Waals surface area contributed by atoms with E-state index in [-0.39, 0.29) is 0 Å². The molecule has 1 N–H and O–H groups in total. The number of hydrogen-bond acceptors (Lipinski definition) is 3. The molecule has 0 saturated carbocycles. The lowest BCUT2D eigenvalue weighted by Crippen LogP contribution is -2.40. The summed E-state index contributed by atoms with van der Waals surface area (Å²) >= 11 is 0. The Labute approximate surface area is 110 Å². The van der Waals surface area contributed by atoms with Crippen molar-refractivity contribution >= 4 is 0 Å². The average Bonchev–Trinajstić information content (AvgIpc) is 2.80. The molecule has 1 saturated heterocycles. The molecule has 2 rings (SSSR count). The summed E-state index contributed by atoms with van der Waals surface area (Å²) in [5, 5.41) is 3.47. The Hall–Kier alpha value is -0.870. The Kier molecular flexibility index (Phi) is 5.20. The van der Waals surface area contributed by atoms with Gasteiger partial charge in [0.1, 0.15) is 5.82 Å². The van der Waals surface area contributed by atoms with Crippen LogP contribution in [0.2, 0.25) is 0 Å². The normalized spacial score (nSPS) is 21.3. The van der Waals surface area contributed by atoms with Gasteiger partial charge in [-0.05, 0) is 38.4 Å². The van der Waals surface area contributed by atoms with Crippen LogP contribution in [-0.2, 0) is 13.5 Å². The van der Waals surface area contributed by atoms with Crippen LogP contribution in [0.1, 0.15) is 25.6 Å². The fourth-order valence-electron chi connectivity index (χ4n) is 2.76. The number of piperidine rings is 1. The molecule has 0 bridgehead atoms. The standard InChI is InChI=1S/C14H26N4/c1-3-15-11-13-5-4-8-18(12-13)9-6-14-16-7-10-17(14)2/h7,10,13,15H,3-6,8-9,11-12H2,1-2H3. The maximum atomic E-state index is 4.39. The van der Waals surface area contributed by atoms with Crippen LogP contribution < -0.4 is 5.32 Å². The summed E-state index contributed by atoms with van der Waals surface area (Å²) < 4.78 is 2.13. The first-order valence-electron chi connectivity index (χ1n) is 7.19. The van der Waals surface area contributed by atoms with Crippen LogP contribution in [0.25, 0.3) is 0 Å². The smallest absolute Gasteiger partial charge is 0.109 e. The summed E-state index contributed by atoms with van der Waals surface area (Å²) in [6, 6.07) is 0. The molecule has 0 amide bonds. The van der Waals surface area contributed by atoms with E-state index in [2.05, 4.69) is 33.7 Å². The van der Waals surface area contributed by atoms with Gasteiger partial charge in [-0.2, -0.15) is 0 Å². The van der Waals surface area contributed by atoms with Crippen molar-refractivity contribution in [3.63, 3.8) is 0 Å². The van der Waals surface area contributed by atoms with Gasteiger partial charge >= 0.3 is 0 Å².